The number of rotatable bonds is 4. The van der Waals surface area contributed by atoms with Gasteiger partial charge in [0.1, 0.15) is 5.52 Å². The third-order valence-electron chi connectivity index (χ3n) is 5.97. The molecule has 1 aromatic carbocycles. The first kappa shape index (κ1) is 21.0. The number of hydrogen-bond acceptors (Lipinski definition) is 7. The van der Waals surface area contributed by atoms with Crippen LogP contribution in [-0.2, 0) is 0 Å². The van der Waals surface area contributed by atoms with Gasteiger partial charge in [0.05, 0.1) is 11.9 Å². The van der Waals surface area contributed by atoms with Crippen LogP contribution in [0.15, 0.2) is 49.1 Å². The molecule has 9 heteroatoms. The minimum Gasteiger partial charge on any atom is -0.369 e. The molecular weight excluding hydrogens is 416 g/mol. The zero-order chi connectivity index (χ0) is 22.9. The fourth-order valence-electron chi connectivity index (χ4n) is 3.94. The maximum Gasteiger partial charge on any atom is 0.291 e. The Hall–Kier alpha value is -3.85. The number of carbonyl (C=O) groups is 1. The number of carbonyl (C=O) groups excluding carboxylic acids is 1. The lowest BCUT2D eigenvalue weighted by Crippen LogP contribution is -2.44. The molecule has 1 aliphatic rings. The van der Waals surface area contributed by atoms with Crippen molar-refractivity contribution in [3.63, 3.8) is 0 Å². The van der Waals surface area contributed by atoms with Gasteiger partial charge in [-0.05, 0) is 19.2 Å². The minimum atomic E-state index is -0.234. The van der Waals surface area contributed by atoms with Crippen LogP contribution in [0.2, 0.25) is 0 Å². The van der Waals surface area contributed by atoms with Crippen LogP contribution < -0.4 is 4.90 Å². The molecule has 0 spiro atoms. The number of benzene rings is 1. The van der Waals surface area contributed by atoms with Crippen LogP contribution in [-0.4, -0.2) is 87.9 Å². The normalized spacial score (nSPS) is 14.6. The van der Waals surface area contributed by atoms with Crippen molar-refractivity contribution in [2.75, 3.05) is 52.2 Å². The second-order valence-corrected chi connectivity index (χ2v) is 8.49. The van der Waals surface area contributed by atoms with E-state index in [-0.39, 0.29) is 11.7 Å². The second-order valence-electron chi connectivity index (χ2n) is 8.49. The Morgan fingerprint density at radius 3 is 2.30 bits per heavy atom. The summed E-state index contributed by atoms with van der Waals surface area (Å²) in [5.41, 5.74) is 6.09. The molecule has 0 aliphatic carbocycles. The van der Waals surface area contributed by atoms with Gasteiger partial charge in [0.25, 0.3) is 5.91 Å². The van der Waals surface area contributed by atoms with Gasteiger partial charge in [-0.15, -0.1) is 0 Å². The first-order valence-electron chi connectivity index (χ1n) is 10.9. The van der Waals surface area contributed by atoms with Crippen LogP contribution in [0.4, 0.5) is 5.69 Å². The highest BCUT2D eigenvalue weighted by atomic mass is 16.2. The largest absolute Gasteiger partial charge is 0.369 e. The fourth-order valence-corrected chi connectivity index (χ4v) is 3.94. The lowest BCUT2D eigenvalue weighted by atomic mass is 10.1. The highest BCUT2D eigenvalue weighted by Gasteiger charge is 2.16. The maximum atomic E-state index is 12.1. The minimum absolute atomic E-state index is 0.163. The van der Waals surface area contributed by atoms with Crippen molar-refractivity contribution in [1.82, 2.24) is 34.7 Å². The van der Waals surface area contributed by atoms with Gasteiger partial charge in [0.15, 0.2) is 5.65 Å². The predicted octanol–water partition coefficient (Wildman–Crippen LogP) is 2.54. The first-order chi connectivity index (χ1) is 16.0. The van der Waals surface area contributed by atoms with E-state index in [1.54, 1.807) is 32.7 Å². The summed E-state index contributed by atoms with van der Waals surface area (Å²) in [6.45, 7) is 4.23. The van der Waals surface area contributed by atoms with Gasteiger partial charge in [-0.25, -0.2) is 19.9 Å². The SMILES string of the molecule is CN1CCN(c2ccc(-c3cnc4[nH]cc(-c5cnc(C(=O)N(C)C)nc5)c4n3)cc2)CC1. The molecule has 33 heavy (non-hydrogen) atoms. The molecule has 0 saturated carbocycles. The number of nitrogens with zero attached hydrogens (tertiary/aromatic N) is 7. The molecule has 1 amide bonds. The van der Waals surface area contributed by atoms with E-state index in [1.165, 1.54) is 10.6 Å². The van der Waals surface area contributed by atoms with Gasteiger partial charge < -0.3 is 19.7 Å². The average Bonchev–Trinajstić information content (AvgIpc) is 3.27. The predicted molar refractivity (Wildman–Crippen MR) is 128 cm³/mol. The molecule has 5 rings (SSSR count). The van der Waals surface area contributed by atoms with Crippen molar-refractivity contribution in [3.8, 4) is 22.4 Å². The van der Waals surface area contributed by atoms with Crippen molar-refractivity contribution in [2.24, 2.45) is 0 Å². The van der Waals surface area contributed by atoms with Gasteiger partial charge in [-0.1, -0.05) is 12.1 Å². The number of H-pyrrole nitrogens is 1. The molecule has 1 saturated heterocycles. The van der Waals surface area contributed by atoms with Gasteiger partial charge in [0, 0.05) is 81.2 Å². The zero-order valence-corrected chi connectivity index (χ0v) is 19.0. The molecule has 4 aromatic rings. The van der Waals surface area contributed by atoms with Crippen molar-refractivity contribution in [1.29, 1.82) is 0 Å². The van der Waals surface area contributed by atoms with Crippen LogP contribution in [0.25, 0.3) is 33.5 Å². The van der Waals surface area contributed by atoms with Gasteiger partial charge in [-0.3, -0.25) is 4.79 Å². The summed E-state index contributed by atoms with van der Waals surface area (Å²) in [6.07, 6.45) is 6.91. The molecule has 9 nitrogen and oxygen atoms in total. The number of likely N-dealkylation sites (N-methyl/N-ethyl adjacent to an activating group) is 1. The number of aromatic nitrogens is 5. The van der Waals surface area contributed by atoms with Crippen molar-refractivity contribution >= 4 is 22.8 Å². The van der Waals surface area contributed by atoms with Gasteiger partial charge in [0.2, 0.25) is 5.82 Å². The monoisotopic (exact) mass is 442 g/mol. The molecule has 0 unspecified atom stereocenters. The smallest absolute Gasteiger partial charge is 0.291 e. The Bertz CT molecular complexity index is 1270. The third kappa shape index (κ3) is 4.14. The Morgan fingerprint density at radius 2 is 1.64 bits per heavy atom. The van der Waals surface area contributed by atoms with Crippen molar-refractivity contribution in [3.05, 3.63) is 54.9 Å². The zero-order valence-electron chi connectivity index (χ0n) is 19.0. The quantitative estimate of drug-likeness (QED) is 0.519. The summed E-state index contributed by atoms with van der Waals surface area (Å²) in [5.74, 6) is -0.0709. The van der Waals surface area contributed by atoms with E-state index in [1.807, 2.05) is 6.20 Å². The highest BCUT2D eigenvalue weighted by Crippen LogP contribution is 2.28. The van der Waals surface area contributed by atoms with Crippen LogP contribution in [0.3, 0.4) is 0 Å². The Balaban J connectivity index is 1.42. The van der Waals surface area contributed by atoms with E-state index >= 15 is 0 Å². The van der Waals surface area contributed by atoms with E-state index in [0.29, 0.717) is 5.65 Å². The Kier molecular flexibility index (Phi) is 5.47. The van der Waals surface area contributed by atoms with E-state index in [4.69, 9.17) is 4.98 Å². The standard InChI is InChI=1S/C24H26N8O/c1-30(2)24(33)23-25-12-17(13-26-23)19-14-27-22-21(19)29-20(15-28-22)16-4-6-18(7-5-16)32-10-8-31(3)9-11-32/h4-7,12-15H,8-11H2,1-3H3,(H,27,28). The molecular formula is C24H26N8O. The van der Waals surface area contributed by atoms with Crippen LogP contribution in [0.5, 0.6) is 0 Å². The summed E-state index contributed by atoms with van der Waals surface area (Å²) in [5, 5.41) is 0. The molecule has 3 aromatic heterocycles. The van der Waals surface area contributed by atoms with Crippen LogP contribution in [0.1, 0.15) is 10.6 Å². The molecule has 0 atom stereocenters. The molecule has 1 fully saturated rings. The highest BCUT2D eigenvalue weighted by molar-refractivity contribution is 5.92. The number of hydrogen-bond donors (Lipinski definition) is 1. The lowest BCUT2D eigenvalue weighted by molar-refractivity contribution is 0.0816. The Morgan fingerprint density at radius 1 is 0.939 bits per heavy atom. The van der Waals surface area contributed by atoms with E-state index in [9.17, 15) is 4.79 Å². The topological polar surface area (TPSA) is 94.1 Å². The summed E-state index contributed by atoms with van der Waals surface area (Å²) in [7, 11) is 5.51. The molecule has 0 radical (unpaired) electrons. The number of anilines is 1. The van der Waals surface area contributed by atoms with Gasteiger partial charge >= 0.3 is 0 Å². The molecule has 1 N–H and O–H groups in total. The second kappa shape index (κ2) is 8.59. The molecule has 168 valence electrons. The first-order valence-corrected chi connectivity index (χ1v) is 10.9. The van der Waals surface area contributed by atoms with Crippen LogP contribution in [0, 0.1) is 0 Å². The summed E-state index contributed by atoms with van der Waals surface area (Å²) < 4.78 is 0. The molecule has 1 aliphatic heterocycles. The number of aromatic amines is 1. The number of nitrogens with one attached hydrogen (secondary N) is 1. The number of fused-ring (bicyclic) bond motifs is 1. The van der Waals surface area contributed by atoms with Gasteiger partial charge in [-0.2, -0.15) is 0 Å². The maximum absolute atomic E-state index is 12.1. The lowest BCUT2D eigenvalue weighted by Gasteiger charge is -2.34. The average molecular weight is 443 g/mol. The van der Waals surface area contributed by atoms with Crippen LogP contribution >= 0.6 is 0 Å². The fraction of sp³-hybridized carbons (Fsp3) is 0.292. The van der Waals surface area contributed by atoms with E-state index in [2.05, 4.69) is 61.0 Å². The number of piperazine rings is 1. The number of amides is 1. The van der Waals surface area contributed by atoms with E-state index in [0.717, 1.165) is 54.1 Å². The summed E-state index contributed by atoms with van der Waals surface area (Å²) in [6, 6.07) is 8.50. The van der Waals surface area contributed by atoms with E-state index < -0.39 is 0 Å². The summed E-state index contributed by atoms with van der Waals surface area (Å²) in [4.78, 5) is 39.3. The van der Waals surface area contributed by atoms with Crippen molar-refractivity contribution in [2.45, 2.75) is 0 Å². The molecule has 0 bridgehead atoms. The van der Waals surface area contributed by atoms with Crippen molar-refractivity contribution < 1.29 is 4.79 Å². The third-order valence-corrected chi connectivity index (χ3v) is 5.97. The summed E-state index contributed by atoms with van der Waals surface area (Å²) >= 11 is 0. The Labute approximate surface area is 192 Å². The molecule has 4 heterocycles.